The number of rotatable bonds is 3. The van der Waals surface area contributed by atoms with Gasteiger partial charge in [0, 0.05) is 12.6 Å². The Balaban J connectivity index is 1.80. The van der Waals surface area contributed by atoms with Crippen molar-refractivity contribution in [3.63, 3.8) is 0 Å². The van der Waals surface area contributed by atoms with Crippen LogP contribution in [-0.2, 0) is 9.05 Å². The lowest BCUT2D eigenvalue weighted by atomic mass is 10.0. The Bertz CT molecular complexity index is 398. The number of hydrogen-bond donors (Lipinski definition) is 0. The average Bonchev–Trinajstić information content (AvgIpc) is 2.93. The molecule has 0 aromatic heterocycles. The average molecular weight is 265 g/mol. The third kappa shape index (κ3) is 2.33. The van der Waals surface area contributed by atoms with E-state index in [0.717, 1.165) is 6.54 Å². The van der Waals surface area contributed by atoms with E-state index in [2.05, 4.69) is 48.8 Å². The van der Waals surface area contributed by atoms with E-state index in [1.54, 1.807) is 0 Å². The van der Waals surface area contributed by atoms with Gasteiger partial charge in [0.15, 0.2) is 0 Å². The molecule has 1 aromatic rings. The van der Waals surface area contributed by atoms with Crippen molar-refractivity contribution < 1.29 is 9.05 Å². The van der Waals surface area contributed by atoms with Gasteiger partial charge in [0.05, 0.1) is 6.10 Å². The first-order chi connectivity index (χ1) is 8.75. The summed E-state index contributed by atoms with van der Waals surface area (Å²) >= 11 is 0. The molecule has 3 nitrogen and oxygen atoms in total. The maximum Gasteiger partial charge on any atom is 0.260 e. The highest BCUT2D eigenvalue weighted by Gasteiger charge is 2.47. The van der Waals surface area contributed by atoms with Crippen molar-refractivity contribution in [1.29, 1.82) is 0 Å². The molecule has 2 fully saturated rings. The van der Waals surface area contributed by atoms with Crippen LogP contribution in [0, 0.1) is 0 Å². The van der Waals surface area contributed by atoms with Crippen molar-refractivity contribution in [3.8, 4) is 0 Å². The van der Waals surface area contributed by atoms with E-state index >= 15 is 0 Å². The van der Waals surface area contributed by atoms with Crippen molar-refractivity contribution in [1.82, 2.24) is 4.67 Å². The molecule has 0 saturated carbocycles. The zero-order chi connectivity index (χ0) is 12.5. The summed E-state index contributed by atoms with van der Waals surface area (Å²) in [5, 5.41) is 0. The molecule has 1 aromatic carbocycles. The number of nitrogens with zero attached hydrogens (tertiary/aromatic N) is 1. The molecule has 0 radical (unpaired) electrons. The molecule has 0 amide bonds. The summed E-state index contributed by atoms with van der Waals surface area (Å²) in [7, 11) is -0.855. The minimum Gasteiger partial charge on any atom is -0.319 e. The van der Waals surface area contributed by atoms with Crippen LogP contribution in [0.5, 0.6) is 0 Å². The summed E-state index contributed by atoms with van der Waals surface area (Å²) in [5.41, 5.74) is 1.28. The Hall–Kier alpha value is -0.470. The van der Waals surface area contributed by atoms with E-state index in [1.807, 2.05) is 0 Å². The Morgan fingerprint density at radius 3 is 2.83 bits per heavy atom. The molecular formula is C14H20NO2P. The Morgan fingerprint density at radius 2 is 2.11 bits per heavy atom. The van der Waals surface area contributed by atoms with E-state index in [1.165, 1.54) is 18.4 Å². The molecule has 2 aliphatic heterocycles. The Kier molecular flexibility index (Phi) is 3.67. The molecule has 3 atom stereocenters. The minimum atomic E-state index is -0.855. The standard InChI is InChI=1S/C14H20NO2P/c1-11(2)16-18-15-10-6-9-13(15)14(17-18)12-7-4-3-5-8-12/h3-5,7-8,11,13-14H,6,9-10H2,1-2H3/t13-,14+,18-/m0/s1. The monoisotopic (exact) mass is 265 g/mol. The fourth-order valence-electron chi connectivity index (χ4n) is 2.71. The first kappa shape index (κ1) is 12.6. The van der Waals surface area contributed by atoms with E-state index in [-0.39, 0.29) is 12.2 Å². The first-order valence-electron chi connectivity index (χ1n) is 6.71. The topological polar surface area (TPSA) is 21.7 Å². The van der Waals surface area contributed by atoms with Crippen LogP contribution in [0.2, 0.25) is 0 Å². The normalized spacial score (nSPS) is 32.1. The molecule has 0 N–H and O–H groups in total. The number of fused-ring (bicyclic) bond motifs is 1. The van der Waals surface area contributed by atoms with E-state index in [0.29, 0.717) is 6.04 Å². The lowest BCUT2D eigenvalue weighted by Crippen LogP contribution is -2.23. The number of hydrogen-bond acceptors (Lipinski definition) is 3. The summed E-state index contributed by atoms with van der Waals surface area (Å²) in [6.45, 7) is 5.27. The van der Waals surface area contributed by atoms with Crippen LogP contribution < -0.4 is 0 Å². The quantitative estimate of drug-likeness (QED) is 0.774. The molecular weight excluding hydrogens is 245 g/mol. The van der Waals surface area contributed by atoms with Gasteiger partial charge >= 0.3 is 0 Å². The summed E-state index contributed by atoms with van der Waals surface area (Å²) in [5.74, 6) is 0. The first-order valence-corrected chi connectivity index (χ1v) is 7.84. The maximum atomic E-state index is 6.19. The Labute approximate surface area is 110 Å². The van der Waals surface area contributed by atoms with Gasteiger partial charge in [0.1, 0.15) is 6.10 Å². The van der Waals surface area contributed by atoms with Crippen LogP contribution in [0.25, 0.3) is 0 Å². The van der Waals surface area contributed by atoms with Gasteiger partial charge in [0.2, 0.25) is 0 Å². The van der Waals surface area contributed by atoms with Crippen molar-refractivity contribution in [2.24, 2.45) is 0 Å². The van der Waals surface area contributed by atoms with Gasteiger partial charge in [-0.15, -0.1) is 0 Å². The highest BCUT2D eigenvalue weighted by molar-refractivity contribution is 7.44. The highest BCUT2D eigenvalue weighted by Crippen LogP contribution is 2.60. The number of benzene rings is 1. The lowest BCUT2D eigenvalue weighted by molar-refractivity contribution is 0.174. The van der Waals surface area contributed by atoms with Crippen molar-refractivity contribution in [2.75, 3.05) is 6.54 Å². The molecule has 98 valence electrons. The van der Waals surface area contributed by atoms with E-state index in [9.17, 15) is 0 Å². The van der Waals surface area contributed by atoms with Gasteiger partial charge in [0.25, 0.3) is 8.53 Å². The van der Waals surface area contributed by atoms with Crippen LogP contribution in [0.1, 0.15) is 38.4 Å². The third-order valence-electron chi connectivity index (χ3n) is 3.46. The molecule has 3 rings (SSSR count). The van der Waals surface area contributed by atoms with Crippen LogP contribution in [0.4, 0.5) is 0 Å². The van der Waals surface area contributed by atoms with Crippen LogP contribution in [-0.4, -0.2) is 23.4 Å². The maximum absolute atomic E-state index is 6.19. The molecule has 0 unspecified atom stereocenters. The second kappa shape index (κ2) is 5.26. The zero-order valence-electron chi connectivity index (χ0n) is 11.0. The fourth-order valence-corrected chi connectivity index (χ4v) is 4.60. The van der Waals surface area contributed by atoms with Gasteiger partial charge in [-0.3, -0.25) is 0 Å². The van der Waals surface area contributed by atoms with Gasteiger partial charge in [-0.05, 0) is 32.3 Å². The molecule has 0 aliphatic carbocycles. The molecule has 2 saturated heterocycles. The second-order valence-corrected chi connectivity index (χ2v) is 6.61. The summed E-state index contributed by atoms with van der Waals surface area (Å²) in [4.78, 5) is 0. The van der Waals surface area contributed by atoms with Crippen LogP contribution >= 0.6 is 8.53 Å². The minimum absolute atomic E-state index is 0.193. The van der Waals surface area contributed by atoms with Crippen molar-refractivity contribution in [2.45, 2.75) is 44.9 Å². The fraction of sp³-hybridized carbons (Fsp3) is 0.571. The highest BCUT2D eigenvalue weighted by atomic mass is 31.2. The summed E-state index contributed by atoms with van der Waals surface area (Å²) < 4.78 is 14.6. The van der Waals surface area contributed by atoms with Crippen molar-refractivity contribution >= 4 is 8.53 Å². The van der Waals surface area contributed by atoms with E-state index < -0.39 is 8.53 Å². The lowest BCUT2D eigenvalue weighted by Gasteiger charge is -2.21. The summed E-state index contributed by atoms with van der Waals surface area (Å²) in [6, 6.07) is 11.1. The van der Waals surface area contributed by atoms with Crippen LogP contribution in [0.3, 0.4) is 0 Å². The Morgan fingerprint density at radius 1 is 1.33 bits per heavy atom. The third-order valence-corrected chi connectivity index (χ3v) is 5.39. The summed E-state index contributed by atoms with van der Waals surface area (Å²) in [6.07, 6.45) is 2.91. The smallest absolute Gasteiger partial charge is 0.260 e. The largest absolute Gasteiger partial charge is 0.319 e. The van der Waals surface area contributed by atoms with Gasteiger partial charge < -0.3 is 9.05 Å². The molecule has 18 heavy (non-hydrogen) atoms. The van der Waals surface area contributed by atoms with Gasteiger partial charge in [-0.2, -0.15) is 0 Å². The van der Waals surface area contributed by atoms with Crippen molar-refractivity contribution in [3.05, 3.63) is 35.9 Å². The second-order valence-electron chi connectivity index (χ2n) is 5.20. The SMILES string of the molecule is CC(C)O[P@@]1O[C@H](c2ccccc2)[C@@H]2CCCN21. The molecule has 4 heteroatoms. The molecule has 0 bridgehead atoms. The van der Waals surface area contributed by atoms with Crippen LogP contribution in [0.15, 0.2) is 30.3 Å². The van der Waals surface area contributed by atoms with E-state index in [4.69, 9.17) is 9.05 Å². The van der Waals surface area contributed by atoms with Gasteiger partial charge in [-0.25, -0.2) is 4.67 Å². The molecule has 0 spiro atoms. The predicted octanol–water partition coefficient (Wildman–Crippen LogP) is 3.87. The molecule has 2 heterocycles. The van der Waals surface area contributed by atoms with Gasteiger partial charge in [-0.1, -0.05) is 30.3 Å². The predicted molar refractivity (Wildman–Crippen MR) is 73.1 cm³/mol. The zero-order valence-corrected chi connectivity index (χ0v) is 11.8. The molecule has 2 aliphatic rings.